The normalized spacial score (nSPS) is 18.8. The van der Waals surface area contributed by atoms with Gasteiger partial charge >= 0.3 is 0 Å². The minimum atomic E-state index is -0.271. The van der Waals surface area contributed by atoms with E-state index in [-0.39, 0.29) is 29.5 Å². The Morgan fingerprint density at radius 1 is 1.23 bits per heavy atom. The maximum absolute atomic E-state index is 13.5. The van der Waals surface area contributed by atoms with Gasteiger partial charge in [0.1, 0.15) is 5.82 Å². The van der Waals surface area contributed by atoms with Gasteiger partial charge < -0.3 is 15.1 Å². The molecular formula is C23H29FN4O2S. The molecular weight excluding hydrogens is 415 g/mol. The number of rotatable bonds is 4. The highest BCUT2D eigenvalue weighted by molar-refractivity contribution is 7.15. The fourth-order valence-corrected chi connectivity index (χ4v) is 5.41. The Morgan fingerprint density at radius 2 is 1.97 bits per heavy atom. The van der Waals surface area contributed by atoms with E-state index < -0.39 is 0 Å². The van der Waals surface area contributed by atoms with Crippen LogP contribution in [0.1, 0.15) is 36.4 Å². The van der Waals surface area contributed by atoms with Crippen LogP contribution in [-0.2, 0) is 22.4 Å². The van der Waals surface area contributed by atoms with Crippen LogP contribution in [0.3, 0.4) is 0 Å². The van der Waals surface area contributed by atoms with Gasteiger partial charge in [-0.3, -0.25) is 9.59 Å². The molecule has 166 valence electrons. The largest absolute Gasteiger partial charge is 0.345 e. The molecule has 8 heteroatoms. The first-order chi connectivity index (χ1) is 14.8. The number of amides is 2. The van der Waals surface area contributed by atoms with E-state index in [0.717, 1.165) is 49.8 Å². The summed E-state index contributed by atoms with van der Waals surface area (Å²) in [7, 11) is 0. The number of nitrogens with one attached hydrogen (secondary N) is 1. The number of hydrogen-bond acceptors (Lipinski definition) is 5. The van der Waals surface area contributed by atoms with Crippen LogP contribution in [0.2, 0.25) is 0 Å². The quantitative estimate of drug-likeness (QED) is 0.782. The van der Waals surface area contributed by atoms with Gasteiger partial charge in [-0.1, -0.05) is 13.8 Å². The number of anilines is 2. The molecule has 0 radical (unpaired) electrons. The van der Waals surface area contributed by atoms with Crippen LogP contribution in [0, 0.1) is 24.6 Å². The van der Waals surface area contributed by atoms with E-state index >= 15 is 0 Å². The average Bonchev–Trinajstić information content (AvgIpc) is 3.19. The van der Waals surface area contributed by atoms with E-state index in [1.807, 2.05) is 18.7 Å². The maximum atomic E-state index is 13.5. The molecule has 1 fully saturated rings. The van der Waals surface area contributed by atoms with Crippen LogP contribution in [0.4, 0.5) is 15.2 Å². The van der Waals surface area contributed by atoms with Gasteiger partial charge in [-0.15, -0.1) is 11.3 Å². The molecule has 6 nitrogen and oxygen atoms in total. The summed E-state index contributed by atoms with van der Waals surface area (Å²) in [4.78, 5) is 35.2. The third-order valence-electron chi connectivity index (χ3n) is 6.08. The predicted molar refractivity (Wildman–Crippen MR) is 121 cm³/mol. The average molecular weight is 445 g/mol. The first-order valence-corrected chi connectivity index (χ1v) is 11.7. The van der Waals surface area contributed by atoms with Gasteiger partial charge in [0.05, 0.1) is 5.69 Å². The van der Waals surface area contributed by atoms with Gasteiger partial charge in [-0.05, 0) is 49.9 Å². The van der Waals surface area contributed by atoms with E-state index in [1.165, 1.54) is 10.9 Å². The summed E-state index contributed by atoms with van der Waals surface area (Å²) in [5.74, 6) is -0.157. The summed E-state index contributed by atoms with van der Waals surface area (Å²) in [6, 6.07) is 4.65. The van der Waals surface area contributed by atoms with Gasteiger partial charge in [0.2, 0.25) is 11.8 Å². The Labute approximate surface area is 186 Å². The Kier molecular flexibility index (Phi) is 6.27. The molecule has 2 aromatic rings. The molecule has 1 atom stereocenters. The predicted octanol–water partition coefficient (Wildman–Crippen LogP) is 3.64. The molecule has 1 unspecified atom stereocenters. The minimum absolute atomic E-state index is 0.0209. The van der Waals surface area contributed by atoms with Gasteiger partial charge in [0.25, 0.3) is 0 Å². The number of nitrogens with zero attached hydrogens (tertiary/aromatic N) is 3. The summed E-state index contributed by atoms with van der Waals surface area (Å²) in [6.07, 6.45) is 2.24. The van der Waals surface area contributed by atoms with Crippen molar-refractivity contribution in [1.29, 1.82) is 0 Å². The Bertz CT molecular complexity index is 982. The van der Waals surface area contributed by atoms with Crippen molar-refractivity contribution in [3.63, 3.8) is 0 Å². The maximum Gasteiger partial charge on any atom is 0.227 e. The third kappa shape index (κ3) is 4.74. The van der Waals surface area contributed by atoms with E-state index in [9.17, 15) is 14.0 Å². The highest BCUT2D eigenvalue weighted by Crippen LogP contribution is 2.35. The molecule has 0 spiro atoms. The highest BCUT2D eigenvalue weighted by atomic mass is 32.1. The lowest BCUT2D eigenvalue weighted by Gasteiger charge is -2.35. The van der Waals surface area contributed by atoms with Gasteiger partial charge in [0.15, 0.2) is 5.13 Å². The number of fused-ring (bicyclic) bond motifs is 1. The molecule has 2 heterocycles. The number of piperazine rings is 1. The van der Waals surface area contributed by atoms with Crippen molar-refractivity contribution in [2.24, 2.45) is 11.8 Å². The number of aryl methyl sites for hydroxylation is 2. The van der Waals surface area contributed by atoms with Crippen LogP contribution in [0.15, 0.2) is 18.2 Å². The molecule has 0 saturated carbocycles. The molecule has 1 aliphatic heterocycles. The lowest BCUT2D eigenvalue weighted by molar-refractivity contribution is -0.134. The topological polar surface area (TPSA) is 65.5 Å². The van der Waals surface area contributed by atoms with Crippen molar-refractivity contribution >= 4 is 34.0 Å². The summed E-state index contributed by atoms with van der Waals surface area (Å²) in [5.41, 5.74) is 2.25. The molecule has 1 aliphatic carbocycles. The first-order valence-electron chi connectivity index (χ1n) is 10.9. The van der Waals surface area contributed by atoms with E-state index in [0.29, 0.717) is 17.7 Å². The summed E-state index contributed by atoms with van der Waals surface area (Å²) < 4.78 is 13.5. The van der Waals surface area contributed by atoms with E-state index in [2.05, 4.69) is 10.2 Å². The van der Waals surface area contributed by atoms with Crippen molar-refractivity contribution in [3.8, 4) is 0 Å². The van der Waals surface area contributed by atoms with Crippen LogP contribution < -0.4 is 10.2 Å². The number of halogens is 1. The zero-order valence-electron chi connectivity index (χ0n) is 18.3. The highest BCUT2D eigenvalue weighted by Gasteiger charge is 2.30. The number of aromatic nitrogens is 1. The fraction of sp³-hybridized carbons (Fsp3) is 0.522. The number of carbonyl (C=O) groups excluding carboxylic acids is 2. The Morgan fingerprint density at radius 3 is 2.65 bits per heavy atom. The smallest absolute Gasteiger partial charge is 0.227 e. The minimum Gasteiger partial charge on any atom is -0.345 e. The van der Waals surface area contributed by atoms with Crippen LogP contribution in [-0.4, -0.2) is 47.9 Å². The van der Waals surface area contributed by atoms with Crippen molar-refractivity contribution in [2.45, 2.75) is 40.0 Å². The van der Waals surface area contributed by atoms with Gasteiger partial charge in [0, 0.05) is 48.6 Å². The molecule has 1 saturated heterocycles. The van der Waals surface area contributed by atoms with Crippen LogP contribution >= 0.6 is 11.3 Å². The van der Waals surface area contributed by atoms with Crippen molar-refractivity contribution in [2.75, 3.05) is 36.4 Å². The van der Waals surface area contributed by atoms with Gasteiger partial charge in [-0.2, -0.15) is 0 Å². The number of hydrogen-bond donors (Lipinski definition) is 1. The number of thiazole rings is 1. The van der Waals surface area contributed by atoms with E-state index in [1.54, 1.807) is 30.4 Å². The van der Waals surface area contributed by atoms with Crippen molar-refractivity contribution < 1.29 is 14.0 Å². The second-order valence-electron chi connectivity index (χ2n) is 8.73. The Hall–Kier alpha value is -2.48. The van der Waals surface area contributed by atoms with E-state index in [4.69, 9.17) is 4.98 Å². The monoisotopic (exact) mass is 444 g/mol. The summed E-state index contributed by atoms with van der Waals surface area (Å²) in [5, 5.41) is 3.93. The van der Waals surface area contributed by atoms with Crippen LogP contribution in [0.25, 0.3) is 0 Å². The molecule has 2 aliphatic rings. The van der Waals surface area contributed by atoms with Gasteiger partial charge in [-0.25, -0.2) is 9.37 Å². The number of carbonyl (C=O) groups is 2. The lowest BCUT2D eigenvalue weighted by atomic mass is 9.90. The Balaban J connectivity index is 1.37. The lowest BCUT2D eigenvalue weighted by Crippen LogP contribution is -2.49. The second kappa shape index (κ2) is 8.94. The molecule has 4 rings (SSSR count). The first kappa shape index (κ1) is 21.7. The zero-order chi connectivity index (χ0) is 22.1. The zero-order valence-corrected chi connectivity index (χ0v) is 19.1. The standard InChI is InChI=1S/C23H29FN4O2S/c1-14(2)22(30)27-8-10-28(11-9-27)23-26-19-7-4-16(13-20(19)31-23)21(29)25-17-5-6-18(24)15(3)12-17/h5-6,12,14,16H,4,7-11,13H2,1-3H3,(H,25,29). The third-order valence-corrected chi connectivity index (χ3v) is 7.26. The molecule has 1 N–H and O–H groups in total. The second-order valence-corrected chi connectivity index (χ2v) is 9.79. The SMILES string of the molecule is Cc1cc(NC(=O)C2CCc3nc(N4CCN(C(=O)C(C)C)CC4)sc3C2)ccc1F. The molecule has 31 heavy (non-hydrogen) atoms. The molecule has 1 aromatic heterocycles. The molecule has 1 aromatic carbocycles. The van der Waals surface area contributed by atoms with Crippen LogP contribution in [0.5, 0.6) is 0 Å². The van der Waals surface area contributed by atoms with Crippen molar-refractivity contribution in [1.82, 2.24) is 9.88 Å². The molecule has 2 amide bonds. The molecule has 0 bridgehead atoms. The number of benzene rings is 1. The fourth-order valence-electron chi connectivity index (χ4n) is 4.17. The summed E-state index contributed by atoms with van der Waals surface area (Å²) >= 11 is 1.67. The van der Waals surface area contributed by atoms with Crippen molar-refractivity contribution in [3.05, 3.63) is 40.2 Å². The summed E-state index contributed by atoms with van der Waals surface area (Å²) in [6.45, 7) is 8.60.